The van der Waals surface area contributed by atoms with Crippen LogP contribution in [0.4, 0.5) is 0 Å². The van der Waals surface area contributed by atoms with Gasteiger partial charge in [-0.15, -0.1) is 0 Å². The normalized spacial score (nSPS) is 51.7. The molecule has 2 heterocycles. The maximum atomic E-state index is 6.93. The molecule has 2 saturated carbocycles. The van der Waals surface area contributed by atoms with Crippen LogP contribution in [-0.4, -0.2) is 17.5 Å². The van der Waals surface area contributed by atoms with Crippen LogP contribution in [0.2, 0.25) is 0 Å². The highest BCUT2D eigenvalue weighted by Gasteiger charge is 2.62. The molecule has 4 rings (SSSR count). The molecule has 2 aliphatic heterocycles. The number of rotatable bonds is 2. The number of hydrogen-bond donors (Lipinski definition) is 0. The first kappa shape index (κ1) is 19.2. The zero-order valence-electron chi connectivity index (χ0n) is 18.1. The summed E-state index contributed by atoms with van der Waals surface area (Å²) in [6, 6.07) is 0. The van der Waals surface area contributed by atoms with Crippen LogP contribution in [0.25, 0.3) is 0 Å². The van der Waals surface area contributed by atoms with E-state index in [0.717, 1.165) is 23.7 Å². The molecule has 6 atom stereocenters. The molecule has 0 amide bonds. The van der Waals surface area contributed by atoms with Crippen molar-refractivity contribution in [2.75, 3.05) is 0 Å². The first-order valence-electron chi connectivity index (χ1n) is 11.6. The molecule has 0 aromatic heterocycles. The van der Waals surface area contributed by atoms with Gasteiger partial charge in [-0.05, 0) is 74.0 Å². The van der Waals surface area contributed by atoms with E-state index in [1.807, 2.05) is 0 Å². The van der Waals surface area contributed by atoms with Gasteiger partial charge in [-0.3, -0.25) is 0 Å². The summed E-state index contributed by atoms with van der Waals surface area (Å²) >= 11 is 0. The van der Waals surface area contributed by atoms with Crippen LogP contribution in [0.3, 0.4) is 0 Å². The fraction of sp³-hybridized carbons (Fsp3) is 1.00. The fourth-order valence-corrected chi connectivity index (χ4v) is 7.69. The summed E-state index contributed by atoms with van der Waals surface area (Å²) in [6.07, 6.45) is 10.5. The molecule has 0 bridgehead atoms. The lowest BCUT2D eigenvalue weighted by Gasteiger charge is -2.49. The highest BCUT2D eigenvalue weighted by atomic mass is 16.7. The van der Waals surface area contributed by atoms with Gasteiger partial charge >= 0.3 is 0 Å². The smallest absolute Gasteiger partial charge is 0.162 e. The van der Waals surface area contributed by atoms with Gasteiger partial charge in [-0.1, -0.05) is 54.4 Å². The van der Waals surface area contributed by atoms with Crippen molar-refractivity contribution in [3.8, 4) is 0 Å². The Balaban J connectivity index is 1.54. The van der Waals surface area contributed by atoms with E-state index in [2.05, 4.69) is 41.5 Å². The molecule has 150 valence electrons. The van der Waals surface area contributed by atoms with Crippen LogP contribution >= 0.6 is 0 Å². The van der Waals surface area contributed by atoms with E-state index in [1.54, 1.807) is 0 Å². The second-order valence-electron chi connectivity index (χ2n) is 11.4. The maximum Gasteiger partial charge on any atom is 0.162 e. The van der Waals surface area contributed by atoms with Crippen molar-refractivity contribution in [2.45, 2.75) is 110 Å². The van der Waals surface area contributed by atoms with Crippen LogP contribution in [0.1, 0.15) is 92.9 Å². The number of ether oxygens (including phenoxy) is 2. The Morgan fingerprint density at radius 2 is 1.08 bits per heavy atom. The number of fused-ring (bicyclic) bond motifs is 1. The van der Waals surface area contributed by atoms with Gasteiger partial charge in [0.1, 0.15) is 0 Å². The first-order valence-corrected chi connectivity index (χ1v) is 11.6. The second kappa shape index (κ2) is 6.76. The molecule has 0 aromatic carbocycles. The molecule has 2 heteroatoms. The van der Waals surface area contributed by atoms with Crippen LogP contribution in [0.5, 0.6) is 0 Å². The van der Waals surface area contributed by atoms with Gasteiger partial charge in [-0.2, -0.15) is 0 Å². The lowest BCUT2D eigenvalue weighted by molar-refractivity contribution is -0.246. The van der Waals surface area contributed by atoms with E-state index in [0.29, 0.717) is 17.8 Å². The van der Waals surface area contributed by atoms with E-state index in [1.165, 1.54) is 51.4 Å². The van der Waals surface area contributed by atoms with Gasteiger partial charge in [0.25, 0.3) is 0 Å². The Bertz CT molecular complexity index is 452. The van der Waals surface area contributed by atoms with Crippen LogP contribution < -0.4 is 0 Å². The monoisotopic (exact) mass is 362 g/mol. The van der Waals surface area contributed by atoms with Crippen molar-refractivity contribution >= 4 is 0 Å². The second-order valence-corrected chi connectivity index (χ2v) is 11.4. The van der Waals surface area contributed by atoms with Crippen molar-refractivity contribution in [1.82, 2.24) is 0 Å². The number of hydrogen-bond acceptors (Lipinski definition) is 2. The molecule has 4 fully saturated rings. The van der Waals surface area contributed by atoms with Crippen molar-refractivity contribution in [2.24, 2.45) is 41.4 Å². The third-order valence-electron chi connectivity index (χ3n) is 8.59. The average Bonchev–Trinajstić information content (AvgIpc) is 2.98. The molecular weight excluding hydrogens is 320 g/mol. The predicted octanol–water partition coefficient (Wildman–Crippen LogP) is 6.43. The van der Waals surface area contributed by atoms with E-state index in [9.17, 15) is 0 Å². The molecule has 26 heavy (non-hydrogen) atoms. The summed E-state index contributed by atoms with van der Waals surface area (Å²) in [6.45, 7) is 14.5. The van der Waals surface area contributed by atoms with E-state index in [4.69, 9.17) is 9.47 Å². The van der Waals surface area contributed by atoms with E-state index >= 15 is 0 Å². The van der Waals surface area contributed by atoms with Gasteiger partial charge in [0.2, 0.25) is 0 Å². The topological polar surface area (TPSA) is 18.5 Å². The molecule has 2 nitrogen and oxygen atoms in total. The molecule has 0 aromatic rings. The summed E-state index contributed by atoms with van der Waals surface area (Å²) in [5, 5.41) is 0. The Kier molecular flexibility index (Phi) is 5.01. The van der Waals surface area contributed by atoms with Crippen LogP contribution in [0.15, 0.2) is 0 Å². The van der Waals surface area contributed by atoms with Crippen molar-refractivity contribution in [3.63, 3.8) is 0 Å². The quantitative estimate of drug-likeness (QED) is 0.563. The molecule has 2 spiro atoms. The minimum atomic E-state index is 0.0769. The van der Waals surface area contributed by atoms with Gasteiger partial charge in [0.05, 0.1) is 11.2 Å². The molecule has 0 unspecified atom stereocenters. The highest BCUT2D eigenvalue weighted by Crippen LogP contribution is 2.60. The molecule has 4 aliphatic rings. The first-order chi connectivity index (χ1) is 12.2. The Morgan fingerprint density at radius 3 is 1.42 bits per heavy atom. The highest BCUT2D eigenvalue weighted by molar-refractivity contribution is 5.08. The lowest BCUT2D eigenvalue weighted by atomic mass is 9.62. The average molecular weight is 363 g/mol. The summed E-state index contributed by atoms with van der Waals surface area (Å²) in [4.78, 5) is 0. The molecule has 2 aliphatic carbocycles. The predicted molar refractivity (Wildman–Crippen MR) is 107 cm³/mol. The Morgan fingerprint density at radius 1 is 0.654 bits per heavy atom. The van der Waals surface area contributed by atoms with Crippen molar-refractivity contribution in [1.29, 1.82) is 0 Å². The Hall–Kier alpha value is -0.0800. The SMILES string of the molecule is CC(C)[C@H]1CC[C@H](C)C[C@@]12CC1C[C@@]3(C[C@@H](C)CC[C@@H]3C(C)C)OC1O2. The maximum absolute atomic E-state index is 6.93. The fourth-order valence-electron chi connectivity index (χ4n) is 7.69. The summed E-state index contributed by atoms with van der Waals surface area (Å²) < 4.78 is 13.9. The molecule has 0 N–H and O–H groups in total. The summed E-state index contributed by atoms with van der Waals surface area (Å²) in [5.41, 5.74) is 0.215. The van der Waals surface area contributed by atoms with Crippen molar-refractivity contribution < 1.29 is 9.47 Å². The van der Waals surface area contributed by atoms with Crippen LogP contribution in [-0.2, 0) is 9.47 Å². The zero-order chi connectivity index (χ0) is 18.7. The third kappa shape index (κ3) is 3.08. The van der Waals surface area contributed by atoms with Crippen molar-refractivity contribution in [3.05, 3.63) is 0 Å². The Labute approximate surface area is 161 Å². The minimum absolute atomic E-state index is 0.0769. The zero-order valence-corrected chi connectivity index (χ0v) is 18.1. The van der Waals surface area contributed by atoms with Crippen LogP contribution in [0, 0.1) is 41.4 Å². The largest absolute Gasteiger partial charge is 0.346 e. The summed E-state index contributed by atoms with van der Waals surface area (Å²) in [5.74, 6) is 5.10. The van der Waals surface area contributed by atoms with E-state index in [-0.39, 0.29) is 17.5 Å². The van der Waals surface area contributed by atoms with Gasteiger partial charge in [0.15, 0.2) is 6.29 Å². The summed E-state index contributed by atoms with van der Waals surface area (Å²) in [7, 11) is 0. The van der Waals surface area contributed by atoms with Gasteiger partial charge in [0, 0.05) is 5.92 Å². The van der Waals surface area contributed by atoms with Gasteiger partial charge < -0.3 is 9.47 Å². The molecular formula is C24H42O2. The van der Waals surface area contributed by atoms with E-state index < -0.39 is 0 Å². The third-order valence-corrected chi connectivity index (χ3v) is 8.59. The van der Waals surface area contributed by atoms with Gasteiger partial charge in [-0.25, -0.2) is 0 Å². The standard InChI is InChI=1S/C24H42O2/c1-15(2)20-9-7-17(5)11-23(20)13-19-14-24(26-22(19)25-23)12-18(6)8-10-21(24)16(3)4/h15-22H,7-14H2,1-6H3/t17-,18-,19?,20+,21+,22?,23+,24+/m0/s1. The molecule has 0 radical (unpaired) electrons. The lowest BCUT2D eigenvalue weighted by Crippen LogP contribution is -2.49. The minimum Gasteiger partial charge on any atom is -0.346 e. The molecule has 2 saturated heterocycles.